The summed E-state index contributed by atoms with van der Waals surface area (Å²) in [6, 6.07) is 0. The van der Waals surface area contributed by atoms with Gasteiger partial charge in [0.05, 0.1) is 13.2 Å². The molecule has 0 aromatic rings. The lowest BCUT2D eigenvalue weighted by molar-refractivity contribution is -0.116. The van der Waals surface area contributed by atoms with Crippen molar-refractivity contribution in [1.29, 1.82) is 0 Å². The summed E-state index contributed by atoms with van der Waals surface area (Å²) >= 11 is 0. The minimum Gasteiger partial charge on any atom is -0.394 e. The highest BCUT2D eigenvalue weighted by molar-refractivity contribution is 5.87. The second-order valence-electron chi connectivity index (χ2n) is 2.53. The van der Waals surface area contributed by atoms with Crippen LogP contribution in [0.1, 0.15) is 6.92 Å². The first-order chi connectivity index (χ1) is 6.07. The number of rotatable bonds is 5. The van der Waals surface area contributed by atoms with Crippen LogP contribution in [-0.4, -0.2) is 34.1 Å². The van der Waals surface area contributed by atoms with Crippen molar-refractivity contribution in [1.82, 2.24) is 5.32 Å². The number of hydrogen-bond donors (Lipinski definition) is 4. The van der Waals surface area contributed by atoms with Crippen LogP contribution in [0.4, 0.5) is 0 Å². The van der Waals surface area contributed by atoms with Crippen LogP contribution in [-0.2, 0) is 4.79 Å². The Hall–Kier alpha value is -0.910. The van der Waals surface area contributed by atoms with Gasteiger partial charge in [0, 0.05) is 5.92 Å². The molecule has 0 spiro atoms. The van der Waals surface area contributed by atoms with E-state index in [2.05, 4.69) is 5.32 Å². The van der Waals surface area contributed by atoms with Crippen LogP contribution in [0, 0.1) is 12.5 Å². The Labute approximate surface area is 76.7 Å². The third kappa shape index (κ3) is 6.27. The number of aliphatic hydroxyl groups excluding tert-OH is 2. The molecule has 0 aromatic heterocycles. The van der Waals surface area contributed by atoms with E-state index in [1.807, 2.05) is 0 Å². The molecule has 0 bridgehead atoms. The fourth-order valence-corrected chi connectivity index (χ4v) is 0.533. The highest BCUT2D eigenvalue weighted by Gasteiger charge is 2.06. The molecule has 5 nitrogen and oxygen atoms in total. The summed E-state index contributed by atoms with van der Waals surface area (Å²) in [5, 5.41) is 27.8. The molecule has 13 heavy (non-hydrogen) atoms. The average Bonchev–Trinajstić information content (AvgIpc) is 2.10. The number of aliphatic hydroxyl groups is 3. The minimum atomic E-state index is -1.47. The predicted octanol–water partition coefficient (Wildman–Crippen LogP) is -1.24. The smallest absolute Gasteiger partial charge is 0.244 e. The Bertz CT molecular complexity index is 179. The Morgan fingerprint density at radius 1 is 1.54 bits per heavy atom. The van der Waals surface area contributed by atoms with Gasteiger partial charge in [-0.2, -0.15) is 0 Å². The SMILES string of the molecule is CC(C=CC(=O)N[CH]CO)C(O)O. The fourth-order valence-electron chi connectivity index (χ4n) is 0.533. The molecule has 0 aliphatic heterocycles. The van der Waals surface area contributed by atoms with Crippen LogP contribution in [0.5, 0.6) is 0 Å². The van der Waals surface area contributed by atoms with Crippen molar-refractivity contribution in [3.05, 3.63) is 18.7 Å². The molecule has 1 atom stereocenters. The predicted molar refractivity (Wildman–Crippen MR) is 46.1 cm³/mol. The van der Waals surface area contributed by atoms with E-state index in [-0.39, 0.29) is 6.61 Å². The van der Waals surface area contributed by atoms with Gasteiger partial charge in [0.1, 0.15) is 0 Å². The summed E-state index contributed by atoms with van der Waals surface area (Å²) in [4.78, 5) is 10.8. The molecule has 0 rings (SSSR count). The third-order valence-electron chi connectivity index (χ3n) is 1.36. The van der Waals surface area contributed by atoms with E-state index in [9.17, 15) is 4.79 Å². The Morgan fingerprint density at radius 3 is 2.62 bits per heavy atom. The largest absolute Gasteiger partial charge is 0.394 e. The quantitative estimate of drug-likeness (QED) is 0.321. The topological polar surface area (TPSA) is 89.8 Å². The van der Waals surface area contributed by atoms with Crippen LogP contribution in [0.3, 0.4) is 0 Å². The van der Waals surface area contributed by atoms with Gasteiger partial charge in [0.2, 0.25) is 5.91 Å². The summed E-state index contributed by atoms with van der Waals surface area (Å²) in [6.45, 7) is 2.51. The van der Waals surface area contributed by atoms with Gasteiger partial charge in [-0.3, -0.25) is 4.79 Å². The van der Waals surface area contributed by atoms with Crippen molar-refractivity contribution >= 4 is 5.91 Å². The number of carbonyl (C=O) groups excluding carboxylic acids is 1. The zero-order valence-corrected chi connectivity index (χ0v) is 7.34. The van der Waals surface area contributed by atoms with Crippen molar-refractivity contribution in [3.8, 4) is 0 Å². The standard InChI is InChI=1S/C8H14NO4/c1-6(8(12)13)2-3-7(11)9-4-5-10/h2-4,6,8,10,12-13H,5H2,1H3,(H,9,11). The molecule has 4 N–H and O–H groups in total. The molecule has 5 heteroatoms. The Balaban J connectivity index is 3.76. The maximum Gasteiger partial charge on any atom is 0.244 e. The van der Waals surface area contributed by atoms with Crippen molar-refractivity contribution in [3.63, 3.8) is 0 Å². The molecule has 0 heterocycles. The summed E-state index contributed by atoms with van der Waals surface area (Å²) in [7, 11) is 0. The lowest BCUT2D eigenvalue weighted by Gasteiger charge is -2.07. The maximum absolute atomic E-state index is 10.8. The normalized spacial score (nSPS) is 13.6. The van der Waals surface area contributed by atoms with E-state index in [4.69, 9.17) is 15.3 Å². The number of amides is 1. The molecule has 0 fully saturated rings. The highest BCUT2D eigenvalue weighted by atomic mass is 16.5. The third-order valence-corrected chi connectivity index (χ3v) is 1.36. The molecule has 1 radical (unpaired) electrons. The van der Waals surface area contributed by atoms with Gasteiger partial charge < -0.3 is 20.6 Å². The molecule has 0 saturated heterocycles. The molecule has 1 unspecified atom stereocenters. The first-order valence-corrected chi connectivity index (χ1v) is 3.85. The van der Waals surface area contributed by atoms with Crippen molar-refractivity contribution in [2.45, 2.75) is 13.2 Å². The van der Waals surface area contributed by atoms with Gasteiger partial charge in [-0.05, 0) is 6.08 Å². The summed E-state index contributed by atoms with van der Waals surface area (Å²) in [5.74, 6) is -0.915. The first kappa shape index (κ1) is 12.1. The van der Waals surface area contributed by atoms with Crippen molar-refractivity contribution in [2.24, 2.45) is 5.92 Å². The zero-order valence-electron chi connectivity index (χ0n) is 7.34. The van der Waals surface area contributed by atoms with Gasteiger partial charge in [-0.1, -0.05) is 13.0 Å². The fraction of sp³-hybridized carbons (Fsp3) is 0.500. The summed E-state index contributed by atoms with van der Waals surface area (Å²) in [5.41, 5.74) is 0. The van der Waals surface area contributed by atoms with Gasteiger partial charge in [0.15, 0.2) is 6.29 Å². The van der Waals surface area contributed by atoms with E-state index in [1.165, 1.54) is 18.7 Å². The Kier molecular flexibility index (Phi) is 6.13. The van der Waals surface area contributed by atoms with Gasteiger partial charge in [0.25, 0.3) is 0 Å². The number of nitrogens with one attached hydrogen (secondary N) is 1. The number of carbonyl (C=O) groups is 1. The van der Waals surface area contributed by atoms with Gasteiger partial charge in [-0.15, -0.1) is 0 Å². The van der Waals surface area contributed by atoms with Crippen LogP contribution < -0.4 is 5.32 Å². The van der Waals surface area contributed by atoms with E-state index in [0.29, 0.717) is 0 Å². The maximum atomic E-state index is 10.8. The van der Waals surface area contributed by atoms with Crippen LogP contribution in [0.2, 0.25) is 0 Å². The van der Waals surface area contributed by atoms with E-state index < -0.39 is 18.1 Å². The van der Waals surface area contributed by atoms with Crippen molar-refractivity contribution in [2.75, 3.05) is 6.61 Å². The molecule has 75 valence electrons. The zero-order chi connectivity index (χ0) is 10.3. The molecule has 0 aromatic carbocycles. The van der Waals surface area contributed by atoms with E-state index in [1.54, 1.807) is 6.92 Å². The lowest BCUT2D eigenvalue weighted by atomic mass is 10.1. The first-order valence-electron chi connectivity index (χ1n) is 3.85. The monoisotopic (exact) mass is 188 g/mol. The lowest BCUT2D eigenvalue weighted by Crippen LogP contribution is -2.20. The minimum absolute atomic E-state index is 0.238. The van der Waals surface area contributed by atoms with Crippen molar-refractivity contribution < 1.29 is 20.1 Å². The molecule has 0 aliphatic rings. The second-order valence-corrected chi connectivity index (χ2v) is 2.53. The Morgan fingerprint density at radius 2 is 2.15 bits per heavy atom. The highest BCUT2D eigenvalue weighted by Crippen LogP contribution is 2.00. The molecule has 0 saturated carbocycles. The van der Waals surface area contributed by atoms with Gasteiger partial charge >= 0.3 is 0 Å². The number of hydrogen-bond acceptors (Lipinski definition) is 4. The molecular formula is C8H14NO4. The average molecular weight is 188 g/mol. The van der Waals surface area contributed by atoms with E-state index in [0.717, 1.165) is 0 Å². The molecular weight excluding hydrogens is 174 g/mol. The van der Waals surface area contributed by atoms with E-state index >= 15 is 0 Å². The summed E-state index contributed by atoms with van der Waals surface area (Å²) in [6.07, 6.45) is 1.08. The molecule has 1 amide bonds. The van der Waals surface area contributed by atoms with Gasteiger partial charge in [-0.25, -0.2) is 0 Å². The van der Waals surface area contributed by atoms with Crippen LogP contribution in [0.15, 0.2) is 12.2 Å². The second kappa shape index (κ2) is 6.59. The van der Waals surface area contributed by atoms with Crippen LogP contribution >= 0.6 is 0 Å². The molecule has 0 aliphatic carbocycles. The summed E-state index contributed by atoms with van der Waals surface area (Å²) < 4.78 is 0. The van der Waals surface area contributed by atoms with Crippen LogP contribution in [0.25, 0.3) is 0 Å².